The molecule has 0 spiro atoms. The number of esters is 1. The summed E-state index contributed by atoms with van der Waals surface area (Å²) in [4.78, 5) is 15.4. The van der Waals surface area contributed by atoms with Crippen LogP contribution >= 0.6 is 0 Å². The monoisotopic (exact) mass is 274 g/mol. The maximum atomic E-state index is 13.2. The number of aryl methyl sites for hydroxylation is 1. The summed E-state index contributed by atoms with van der Waals surface area (Å²) in [5.74, 6) is -0.695. The van der Waals surface area contributed by atoms with E-state index >= 15 is 0 Å². The van der Waals surface area contributed by atoms with Crippen molar-refractivity contribution in [1.82, 2.24) is 4.98 Å². The van der Waals surface area contributed by atoms with E-state index in [1.54, 1.807) is 12.1 Å². The van der Waals surface area contributed by atoms with Crippen LogP contribution in [0.3, 0.4) is 0 Å². The van der Waals surface area contributed by atoms with Crippen LogP contribution in [0.5, 0.6) is 0 Å². The Morgan fingerprint density at radius 3 is 2.75 bits per heavy atom. The number of ether oxygens (including phenoxy) is 1. The van der Waals surface area contributed by atoms with Gasteiger partial charge < -0.3 is 10.1 Å². The summed E-state index contributed by atoms with van der Waals surface area (Å²) in [6, 6.07) is 8.12. The molecule has 1 heterocycles. The van der Waals surface area contributed by atoms with Gasteiger partial charge in [0, 0.05) is 11.9 Å². The number of benzene rings is 1. The first kappa shape index (κ1) is 14.0. The lowest BCUT2D eigenvalue weighted by Gasteiger charge is -2.07. The second-order valence-electron chi connectivity index (χ2n) is 4.40. The molecule has 1 aromatic heterocycles. The largest absolute Gasteiger partial charge is 0.465 e. The highest BCUT2D eigenvalue weighted by Gasteiger charge is 2.05. The number of rotatable bonds is 4. The van der Waals surface area contributed by atoms with Crippen molar-refractivity contribution in [2.75, 3.05) is 12.4 Å². The fourth-order valence-electron chi connectivity index (χ4n) is 1.80. The van der Waals surface area contributed by atoms with Gasteiger partial charge in [-0.15, -0.1) is 0 Å². The Balaban J connectivity index is 2.02. The first-order chi connectivity index (χ1) is 9.58. The quantitative estimate of drug-likeness (QED) is 0.871. The van der Waals surface area contributed by atoms with Crippen LogP contribution in [0.2, 0.25) is 0 Å². The second-order valence-corrected chi connectivity index (χ2v) is 4.40. The molecular formula is C15H15FN2O2. The van der Waals surface area contributed by atoms with Gasteiger partial charge in [-0.05, 0) is 42.8 Å². The Kier molecular flexibility index (Phi) is 4.30. The average Bonchev–Trinajstić information content (AvgIpc) is 2.44. The van der Waals surface area contributed by atoms with Gasteiger partial charge in [-0.1, -0.05) is 0 Å². The molecule has 0 saturated heterocycles. The summed E-state index contributed by atoms with van der Waals surface area (Å²) >= 11 is 0. The van der Waals surface area contributed by atoms with Gasteiger partial charge in [0.15, 0.2) is 0 Å². The SMILES string of the molecule is COC(=O)c1ccc(CNc2cc(C)cc(F)c2)nc1. The van der Waals surface area contributed by atoms with Gasteiger partial charge in [-0.25, -0.2) is 9.18 Å². The fourth-order valence-corrected chi connectivity index (χ4v) is 1.80. The number of anilines is 1. The number of hydrogen-bond acceptors (Lipinski definition) is 4. The van der Waals surface area contributed by atoms with E-state index in [1.165, 1.54) is 25.4 Å². The summed E-state index contributed by atoms with van der Waals surface area (Å²) in [6.45, 7) is 2.28. The Morgan fingerprint density at radius 1 is 1.35 bits per heavy atom. The molecule has 1 N–H and O–H groups in total. The van der Waals surface area contributed by atoms with Gasteiger partial charge in [0.25, 0.3) is 0 Å². The van der Waals surface area contributed by atoms with Crippen molar-refractivity contribution in [3.63, 3.8) is 0 Å². The molecule has 1 aromatic carbocycles. The molecule has 4 nitrogen and oxygen atoms in total. The number of nitrogens with one attached hydrogen (secondary N) is 1. The Hall–Kier alpha value is -2.43. The molecule has 0 amide bonds. The van der Waals surface area contributed by atoms with Crippen LogP contribution in [0.1, 0.15) is 21.6 Å². The van der Waals surface area contributed by atoms with Crippen LogP contribution in [-0.2, 0) is 11.3 Å². The van der Waals surface area contributed by atoms with Crippen molar-refractivity contribution in [2.24, 2.45) is 0 Å². The predicted octanol–water partition coefficient (Wildman–Crippen LogP) is 2.93. The summed E-state index contributed by atoms with van der Waals surface area (Å²) in [6.07, 6.45) is 1.46. The third kappa shape index (κ3) is 3.54. The third-order valence-electron chi connectivity index (χ3n) is 2.76. The molecule has 104 valence electrons. The summed E-state index contributed by atoms with van der Waals surface area (Å²) < 4.78 is 17.8. The fraction of sp³-hybridized carbons (Fsp3) is 0.200. The number of hydrogen-bond donors (Lipinski definition) is 1. The molecule has 0 radical (unpaired) electrons. The zero-order valence-corrected chi connectivity index (χ0v) is 11.3. The first-order valence-electron chi connectivity index (χ1n) is 6.13. The number of aromatic nitrogens is 1. The molecule has 0 aliphatic rings. The van der Waals surface area contributed by atoms with E-state index in [2.05, 4.69) is 15.0 Å². The van der Waals surface area contributed by atoms with Gasteiger partial charge in [0.1, 0.15) is 5.82 Å². The van der Waals surface area contributed by atoms with Crippen molar-refractivity contribution in [1.29, 1.82) is 0 Å². The van der Waals surface area contributed by atoms with Crippen LogP contribution in [0.25, 0.3) is 0 Å². The lowest BCUT2D eigenvalue weighted by molar-refractivity contribution is 0.0600. The van der Waals surface area contributed by atoms with Crippen molar-refractivity contribution in [3.8, 4) is 0 Å². The molecule has 0 unspecified atom stereocenters. The number of methoxy groups -OCH3 is 1. The Morgan fingerprint density at radius 2 is 2.15 bits per heavy atom. The lowest BCUT2D eigenvalue weighted by atomic mass is 10.2. The molecular weight excluding hydrogens is 259 g/mol. The first-order valence-corrected chi connectivity index (χ1v) is 6.13. The summed E-state index contributed by atoms with van der Waals surface area (Å²) in [7, 11) is 1.32. The normalized spacial score (nSPS) is 10.2. The third-order valence-corrected chi connectivity index (χ3v) is 2.76. The van der Waals surface area contributed by atoms with Gasteiger partial charge in [0.2, 0.25) is 0 Å². The topological polar surface area (TPSA) is 51.2 Å². The molecule has 0 aliphatic heterocycles. The Labute approximate surface area is 116 Å². The molecule has 2 rings (SSSR count). The van der Waals surface area contributed by atoms with Gasteiger partial charge >= 0.3 is 5.97 Å². The molecule has 0 atom stereocenters. The van der Waals surface area contributed by atoms with Crippen LogP contribution in [0, 0.1) is 12.7 Å². The minimum absolute atomic E-state index is 0.276. The van der Waals surface area contributed by atoms with E-state index in [9.17, 15) is 9.18 Å². The van der Waals surface area contributed by atoms with Gasteiger partial charge in [0.05, 0.1) is 24.9 Å². The lowest BCUT2D eigenvalue weighted by Crippen LogP contribution is -2.05. The van der Waals surface area contributed by atoms with Crippen molar-refractivity contribution in [3.05, 3.63) is 59.2 Å². The van der Waals surface area contributed by atoms with Crippen LogP contribution in [-0.4, -0.2) is 18.1 Å². The minimum Gasteiger partial charge on any atom is -0.465 e. The number of nitrogens with zero attached hydrogens (tertiary/aromatic N) is 1. The number of pyridine rings is 1. The number of halogens is 1. The van der Waals surface area contributed by atoms with Gasteiger partial charge in [-0.2, -0.15) is 0 Å². The summed E-state index contributed by atoms with van der Waals surface area (Å²) in [5, 5.41) is 3.09. The minimum atomic E-state index is -0.419. The maximum absolute atomic E-state index is 13.2. The molecule has 20 heavy (non-hydrogen) atoms. The molecule has 2 aromatic rings. The second kappa shape index (κ2) is 6.14. The van der Waals surface area contributed by atoms with Crippen molar-refractivity contribution in [2.45, 2.75) is 13.5 Å². The van der Waals surface area contributed by atoms with E-state index in [1.807, 2.05) is 13.0 Å². The highest BCUT2D eigenvalue weighted by atomic mass is 19.1. The van der Waals surface area contributed by atoms with E-state index in [0.29, 0.717) is 17.8 Å². The predicted molar refractivity (Wildman–Crippen MR) is 74.0 cm³/mol. The van der Waals surface area contributed by atoms with E-state index in [4.69, 9.17) is 0 Å². The zero-order valence-electron chi connectivity index (χ0n) is 11.3. The molecule has 5 heteroatoms. The average molecular weight is 274 g/mol. The van der Waals surface area contributed by atoms with Crippen molar-refractivity contribution < 1.29 is 13.9 Å². The van der Waals surface area contributed by atoms with Crippen molar-refractivity contribution >= 4 is 11.7 Å². The highest BCUT2D eigenvalue weighted by Crippen LogP contribution is 2.14. The van der Waals surface area contributed by atoms with Crippen LogP contribution in [0.15, 0.2) is 36.5 Å². The zero-order chi connectivity index (χ0) is 14.5. The molecule has 0 saturated carbocycles. The standard InChI is InChI=1S/C15H15FN2O2/c1-10-5-12(16)7-14(6-10)18-9-13-4-3-11(8-17-13)15(19)20-2/h3-8,18H,9H2,1-2H3. The Bertz CT molecular complexity index is 592. The van der Waals surface area contributed by atoms with Gasteiger partial charge in [-0.3, -0.25) is 4.98 Å². The smallest absolute Gasteiger partial charge is 0.339 e. The van der Waals surface area contributed by atoms with Crippen LogP contribution in [0.4, 0.5) is 10.1 Å². The molecule has 0 fully saturated rings. The molecule has 0 bridgehead atoms. The number of carbonyl (C=O) groups is 1. The highest BCUT2D eigenvalue weighted by molar-refractivity contribution is 5.88. The molecule has 0 aliphatic carbocycles. The van der Waals surface area contributed by atoms with E-state index in [0.717, 1.165) is 11.3 Å². The van der Waals surface area contributed by atoms with Crippen LogP contribution < -0.4 is 5.32 Å². The van der Waals surface area contributed by atoms with E-state index < -0.39 is 5.97 Å². The maximum Gasteiger partial charge on any atom is 0.339 e. The van der Waals surface area contributed by atoms with E-state index in [-0.39, 0.29) is 5.82 Å². The number of carbonyl (C=O) groups excluding carboxylic acids is 1. The summed E-state index contributed by atoms with van der Waals surface area (Å²) in [5.41, 5.74) is 2.69.